The molecular formula is C23H42N6. The van der Waals surface area contributed by atoms with E-state index in [1.54, 1.807) is 0 Å². The molecule has 164 valence electrons. The first-order valence-corrected chi connectivity index (χ1v) is 10.6. The highest BCUT2D eigenvalue weighted by atomic mass is 15.4. The van der Waals surface area contributed by atoms with Crippen molar-refractivity contribution >= 4 is 11.4 Å². The van der Waals surface area contributed by atoms with Gasteiger partial charge in [0.25, 0.3) is 0 Å². The molecule has 6 nitrogen and oxygen atoms in total. The lowest BCUT2D eigenvalue weighted by atomic mass is 10.2. The number of nitrogens with zero attached hydrogens (tertiary/aromatic N) is 6. The maximum absolute atomic E-state index is 2.37. The SMILES string of the molecule is CC1=C(C)N(C)CN1C.CC1C(C)N(C)CN1C.CN1CN(C)c2ccccc21. The number of para-hydroxylation sites is 2. The smallest absolute Gasteiger partial charge is 0.0898 e. The molecule has 29 heavy (non-hydrogen) atoms. The van der Waals surface area contributed by atoms with Gasteiger partial charge in [-0.25, -0.2) is 0 Å². The lowest BCUT2D eigenvalue weighted by Gasteiger charge is -2.16. The summed E-state index contributed by atoms with van der Waals surface area (Å²) >= 11 is 0. The van der Waals surface area contributed by atoms with Crippen LogP contribution >= 0.6 is 0 Å². The van der Waals surface area contributed by atoms with E-state index >= 15 is 0 Å². The molecular weight excluding hydrogens is 360 g/mol. The molecule has 0 aliphatic carbocycles. The lowest BCUT2D eigenvalue weighted by molar-refractivity contribution is 0.289. The molecule has 2 atom stereocenters. The standard InChI is InChI=1S/C9H12N2.C7H16N2.C7H14N2/c1-10-7-11(2)9-6-4-3-5-8(9)10;2*1-6-7(2)9(4)5-8(6)3/h3-6H,7H2,1-2H3;6-7H,5H2,1-4H3;5H2,1-4H3. The van der Waals surface area contributed by atoms with Gasteiger partial charge in [0.1, 0.15) is 0 Å². The Kier molecular flexibility index (Phi) is 7.83. The fourth-order valence-corrected chi connectivity index (χ4v) is 4.01. The second-order valence-electron chi connectivity index (χ2n) is 8.87. The summed E-state index contributed by atoms with van der Waals surface area (Å²) in [5.41, 5.74) is 5.43. The van der Waals surface area contributed by atoms with Gasteiger partial charge >= 0.3 is 0 Å². The van der Waals surface area contributed by atoms with E-state index in [0.717, 1.165) is 32.1 Å². The molecule has 0 radical (unpaired) electrons. The molecule has 0 N–H and O–H groups in total. The number of fused-ring (bicyclic) bond motifs is 1. The first kappa shape index (κ1) is 23.4. The largest absolute Gasteiger partial charge is 0.359 e. The van der Waals surface area contributed by atoms with Crippen LogP contribution in [0.1, 0.15) is 27.7 Å². The van der Waals surface area contributed by atoms with Crippen LogP contribution in [0.3, 0.4) is 0 Å². The van der Waals surface area contributed by atoms with E-state index in [9.17, 15) is 0 Å². The third kappa shape index (κ3) is 5.37. The van der Waals surface area contributed by atoms with Crippen molar-refractivity contribution in [1.82, 2.24) is 19.6 Å². The molecule has 6 heteroatoms. The lowest BCUT2D eigenvalue weighted by Crippen LogP contribution is -2.29. The summed E-state index contributed by atoms with van der Waals surface area (Å²) in [5, 5.41) is 0. The highest BCUT2D eigenvalue weighted by molar-refractivity contribution is 5.75. The quantitative estimate of drug-likeness (QED) is 0.659. The number of rotatable bonds is 0. The number of hydrogen-bond donors (Lipinski definition) is 0. The van der Waals surface area contributed by atoms with E-state index in [1.807, 2.05) is 0 Å². The van der Waals surface area contributed by atoms with E-state index in [4.69, 9.17) is 0 Å². The zero-order valence-corrected chi connectivity index (χ0v) is 20.3. The van der Waals surface area contributed by atoms with Crippen molar-refractivity contribution in [3.05, 3.63) is 35.7 Å². The van der Waals surface area contributed by atoms with E-state index in [1.165, 1.54) is 22.8 Å². The van der Waals surface area contributed by atoms with Crippen LogP contribution in [0, 0.1) is 0 Å². The van der Waals surface area contributed by atoms with Gasteiger partial charge in [0, 0.05) is 51.7 Å². The topological polar surface area (TPSA) is 19.4 Å². The maximum Gasteiger partial charge on any atom is 0.0898 e. The first-order chi connectivity index (χ1) is 13.5. The van der Waals surface area contributed by atoms with Gasteiger partial charge in [-0.2, -0.15) is 0 Å². The summed E-state index contributed by atoms with van der Waals surface area (Å²) in [6.07, 6.45) is 0. The van der Waals surface area contributed by atoms with E-state index in [2.05, 4.69) is 124 Å². The Labute approximate surface area is 178 Å². The molecule has 0 aromatic heterocycles. The molecule has 0 spiro atoms. The minimum atomic E-state index is 0.718. The van der Waals surface area contributed by atoms with E-state index < -0.39 is 0 Å². The van der Waals surface area contributed by atoms with E-state index in [-0.39, 0.29) is 0 Å². The number of hydrogen-bond acceptors (Lipinski definition) is 6. The predicted octanol–water partition coefficient (Wildman–Crippen LogP) is 3.20. The predicted molar refractivity (Wildman–Crippen MR) is 126 cm³/mol. The van der Waals surface area contributed by atoms with Gasteiger partial charge in [-0.15, -0.1) is 0 Å². The summed E-state index contributed by atoms with van der Waals surface area (Å²) < 4.78 is 0. The highest BCUT2D eigenvalue weighted by Gasteiger charge is 2.28. The summed E-state index contributed by atoms with van der Waals surface area (Å²) in [4.78, 5) is 13.7. The highest BCUT2D eigenvalue weighted by Crippen LogP contribution is 2.32. The first-order valence-electron chi connectivity index (χ1n) is 10.6. The van der Waals surface area contributed by atoms with Crippen LogP contribution in [-0.2, 0) is 0 Å². The normalized spacial score (nSPS) is 24.5. The van der Waals surface area contributed by atoms with Crippen LogP contribution < -0.4 is 9.80 Å². The Morgan fingerprint density at radius 3 is 1.17 bits per heavy atom. The zero-order chi connectivity index (χ0) is 21.9. The number of likely N-dealkylation sites (N-methyl/N-ethyl adjacent to an activating group) is 2. The molecule has 3 aliphatic rings. The maximum atomic E-state index is 2.37. The summed E-state index contributed by atoms with van der Waals surface area (Å²) in [6.45, 7) is 12.0. The van der Waals surface area contributed by atoms with Gasteiger partial charge in [0.15, 0.2) is 0 Å². The van der Waals surface area contributed by atoms with Crippen molar-refractivity contribution in [2.45, 2.75) is 39.8 Å². The molecule has 0 saturated carbocycles. The van der Waals surface area contributed by atoms with Crippen LogP contribution in [-0.4, -0.2) is 94.0 Å². The van der Waals surface area contributed by atoms with Gasteiger partial charge in [-0.05, 0) is 53.9 Å². The van der Waals surface area contributed by atoms with Crippen molar-refractivity contribution in [2.24, 2.45) is 0 Å². The van der Waals surface area contributed by atoms with Crippen LogP contribution in [0.4, 0.5) is 11.4 Å². The zero-order valence-electron chi connectivity index (χ0n) is 20.3. The third-order valence-electron chi connectivity index (χ3n) is 6.76. The number of benzene rings is 1. The fourth-order valence-electron chi connectivity index (χ4n) is 4.01. The van der Waals surface area contributed by atoms with Crippen molar-refractivity contribution in [1.29, 1.82) is 0 Å². The average molecular weight is 403 g/mol. The summed E-state index contributed by atoms with van der Waals surface area (Å²) in [7, 11) is 12.8. The van der Waals surface area contributed by atoms with Crippen LogP contribution in [0.2, 0.25) is 0 Å². The second-order valence-corrected chi connectivity index (χ2v) is 8.87. The van der Waals surface area contributed by atoms with Crippen LogP contribution in [0.5, 0.6) is 0 Å². The number of allylic oxidation sites excluding steroid dienone is 2. The fraction of sp³-hybridized carbons (Fsp3) is 0.652. The molecule has 3 heterocycles. The molecule has 1 aromatic rings. The molecule has 2 unspecified atom stereocenters. The average Bonchev–Trinajstić information content (AvgIpc) is 3.20. The Bertz CT molecular complexity index is 647. The third-order valence-corrected chi connectivity index (χ3v) is 6.76. The molecule has 0 bridgehead atoms. The monoisotopic (exact) mass is 402 g/mol. The molecule has 0 amide bonds. The molecule has 3 aliphatic heterocycles. The Morgan fingerprint density at radius 2 is 0.931 bits per heavy atom. The molecule has 4 rings (SSSR count). The van der Waals surface area contributed by atoms with Crippen molar-refractivity contribution in [3.63, 3.8) is 0 Å². The van der Waals surface area contributed by atoms with Gasteiger partial charge < -0.3 is 19.6 Å². The van der Waals surface area contributed by atoms with Crippen molar-refractivity contribution < 1.29 is 0 Å². The Hall–Kier alpha value is -1.92. The minimum absolute atomic E-state index is 0.718. The van der Waals surface area contributed by atoms with Gasteiger partial charge in [-0.1, -0.05) is 12.1 Å². The molecule has 1 saturated heterocycles. The van der Waals surface area contributed by atoms with Gasteiger partial charge in [0.05, 0.1) is 31.4 Å². The summed E-state index contributed by atoms with van der Waals surface area (Å²) in [5.74, 6) is 0. The Morgan fingerprint density at radius 1 is 0.586 bits per heavy atom. The van der Waals surface area contributed by atoms with Crippen LogP contribution in [0.15, 0.2) is 35.7 Å². The Balaban J connectivity index is 0.000000157. The second kappa shape index (κ2) is 9.72. The van der Waals surface area contributed by atoms with Gasteiger partial charge in [0.2, 0.25) is 0 Å². The summed E-state index contributed by atoms with van der Waals surface area (Å²) in [6, 6.07) is 9.89. The van der Waals surface area contributed by atoms with Crippen molar-refractivity contribution in [3.8, 4) is 0 Å². The minimum Gasteiger partial charge on any atom is -0.359 e. The molecule has 1 fully saturated rings. The molecule has 1 aromatic carbocycles. The van der Waals surface area contributed by atoms with E-state index in [0.29, 0.717) is 0 Å². The van der Waals surface area contributed by atoms with Crippen molar-refractivity contribution in [2.75, 3.05) is 72.1 Å². The number of anilines is 2. The van der Waals surface area contributed by atoms with Gasteiger partial charge in [-0.3, -0.25) is 9.80 Å². The van der Waals surface area contributed by atoms with Crippen LogP contribution in [0.25, 0.3) is 0 Å².